The van der Waals surface area contributed by atoms with Gasteiger partial charge in [0.2, 0.25) is 0 Å². The van der Waals surface area contributed by atoms with Crippen LogP contribution in [0.25, 0.3) is 22.3 Å². The van der Waals surface area contributed by atoms with Gasteiger partial charge in [-0.25, -0.2) is 19.3 Å². The number of rotatable bonds is 4. The van der Waals surface area contributed by atoms with E-state index in [1.165, 1.54) is 24.3 Å². The number of nitrogens with zero attached hydrogens (tertiary/aromatic N) is 5. The fraction of sp³-hybridized carbons (Fsp3) is 0.136. The number of hydrogen-bond donors (Lipinski definition) is 2. The van der Waals surface area contributed by atoms with Crippen LogP contribution in [0, 0.1) is 5.82 Å². The second-order valence-electron chi connectivity index (χ2n) is 7.35. The number of hydrogen-bond acceptors (Lipinski definition) is 7. The Morgan fingerprint density at radius 3 is 2.61 bits per heavy atom. The van der Waals surface area contributed by atoms with Crippen molar-refractivity contribution in [2.24, 2.45) is 5.73 Å². The van der Waals surface area contributed by atoms with Crippen LogP contribution in [0.4, 0.5) is 16.0 Å². The van der Waals surface area contributed by atoms with Crippen LogP contribution in [0.1, 0.15) is 10.4 Å². The van der Waals surface area contributed by atoms with Gasteiger partial charge < -0.3 is 16.0 Å². The second-order valence-corrected chi connectivity index (χ2v) is 7.35. The normalized spacial score (nSPS) is 13.8. The van der Waals surface area contributed by atoms with E-state index < -0.39 is 5.82 Å². The third kappa shape index (κ3) is 3.90. The molecule has 3 N–H and O–H groups in total. The van der Waals surface area contributed by atoms with E-state index >= 15 is 0 Å². The molecule has 0 spiro atoms. The highest BCUT2D eigenvalue weighted by Crippen LogP contribution is 2.23. The van der Waals surface area contributed by atoms with E-state index in [1.54, 1.807) is 24.7 Å². The first-order valence-corrected chi connectivity index (χ1v) is 9.72. The Kier molecular flexibility index (Phi) is 4.72. The average molecular weight is 415 g/mol. The molecule has 1 aliphatic rings. The summed E-state index contributed by atoms with van der Waals surface area (Å²) in [6, 6.07) is 10.9. The number of anilines is 2. The van der Waals surface area contributed by atoms with Gasteiger partial charge in [0.25, 0.3) is 5.91 Å². The number of amides is 1. The molecular formula is C22H18FN7O. The average Bonchev–Trinajstić information content (AvgIpc) is 2.77. The molecule has 1 saturated heterocycles. The van der Waals surface area contributed by atoms with Crippen molar-refractivity contribution in [2.45, 2.75) is 6.04 Å². The van der Waals surface area contributed by atoms with E-state index in [1.807, 2.05) is 12.1 Å². The minimum Gasteiger partial charge on any atom is -0.352 e. The standard InChI is InChI=1S/C22H18FN7O/c23-15-4-1-13(2-5-15)22(31)29-20-7-18-14(8-26-20)3-6-17(27-18)19-9-25-10-21(28-19)30-11-16(24)12-30/h1-10,16H,11-12,24H2,(H,26,29,31). The van der Waals surface area contributed by atoms with Crippen molar-refractivity contribution in [3.8, 4) is 11.4 Å². The third-order valence-electron chi connectivity index (χ3n) is 5.04. The zero-order valence-electron chi connectivity index (χ0n) is 16.4. The maximum Gasteiger partial charge on any atom is 0.256 e. The van der Waals surface area contributed by atoms with Crippen LogP contribution >= 0.6 is 0 Å². The second kappa shape index (κ2) is 7.69. The van der Waals surface area contributed by atoms with Crippen LogP contribution in [0.2, 0.25) is 0 Å². The molecule has 3 aromatic heterocycles. The summed E-state index contributed by atoms with van der Waals surface area (Å²) in [7, 11) is 0. The fourth-order valence-corrected chi connectivity index (χ4v) is 3.35. The number of halogens is 1. The van der Waals surface area contributed by atoms with E-state index in [4.69, 9.17) is 5.73 Å². The van der Waals surface area contributed by atoms with Gasteiger partial charge in [-0.05, 0) is 36.4 Å². The maximum absolute atomic E-state index is 13.1. The molecule has 0 bridgehead atoms. The lowest BCUT2D eigenvalue weighted by Gasteiger charge is -2.37. The summed E-state index contributed by atoms with van der Waals surface area (Å²) in [5.41, 5.74) is 8.15. The Hall–Kier alpha value is -3.98. The van der Waals surface area contributed by atoms with Crippen LogP contribution in [0.3, 0.4) is 0 Å². The zero-order chi connectivity index (χ0) is 21.4. The van der Waals surface area contributed by atoms with Gasteiger partial charge in [0.15, 0.2) is 0 Å². The summed E-state index contributed by atoms with van der Waals surface area (Å²) in [5, 5.41) is 3.53. The predicted octanol–water partition coefficient (Wildman–Crippen LogP) is 2.63. The molecule has 4 heterocycles. The molecule has 0 saturated carbocycles. The number of carbonyl (C=O) groups is 1. The monoisotopic (exact) mass is 415 g/mol. The van der Waals surface area contributed by atoms with Crippen molar-refractivity contribution in [3.05, 3.63) is 72.4 Å². The topological polar surface area (TPSA) is 110 Å². The molecule has 1 amide bonds. The highest BCUT2D eigenvalue weighted by molar-refractivity contribution is 6.04. The van der Waals surface area contributed by atoms with E-state index in [-0.39, 0.29) is 11.9 Å². The van der Waals surface area contributed by atoms with Crippen LogP contribution < -0.4 is 16.0 Å². The molecule has 4 aromatic rings. The number of aromatic nitrogens is 4. The van der Waals surface area contributed by atoms with Gasteiger partial charge in [-0.15, -0.1) is 0 Å². The van der Waals surface area contributed by atoms with Gasteiger partial charge in [-0.2, -0.15) is 0 Å². The predicted molar refractivity (Wildman–Crippen MR) is 115 cm³/mol. The zero-order valence-corrected chi connectivity index (χ0v) is 16.4. The van der Waals surface area contributed by atoms with E-state index in [0.29, 0.717) is 28.3 Å². The van der Waals surface area contributed by atoms with Crippen LogP contribution in [-0.2, 0) is 0 Å². The van der Waals surface area contributed by atoms with Crippen LogP contribution in [0.5, 0.6) is 0 Å². The quantitative estimate of drug-likeness (QED) is 0.527. The Morgan fingerprint density at radius 1 is 1.03 bits per heavy atom. The first kappa shape index (κ1) is 19.0. The van der Waals surface area contributed by atoms with Gasteiger partial charge in [0.05, 0.1) is 23.6 Å². The maximum atomic E-state index is 13.1. The summed E-state index contributed by atoms with van der Waals surface area (Å²) >= 11 is 0. The van der Waals surface area contributed by atoms with Crippen molar-refractivity contribution in [3.63, 3.8) is 0 Å². The van der Waals surface area contributed by atoms with E-state index in [0.717, 1.165) is 24.3 Å². The summed E-state index contributed by atoms with van der Waals surface area (Å²) in [6.07, 6.45) is 5.01. The molecule has 0 unspecified atom stereocenters. The van der Waals surface area contributed by atoms with E-state index in [9.17, 15) is 9.18 Å². The smallest absolute Gasteiger partial charge is 0.256 e. The van der Waals surface area contributed by atoms with Crippen LogP contribution in [0.15, 0.2) is 61.1 Å². The summed E-state index contributed by atoms with van der Waals surface area (Å²) in [6.45, 7) is 1.51. The highest BCUT2D eigenvalue weighted by Gasteiger charge is 2.24. The highest BCUT2D eigenvalue weighted by atomic mass is 19.1. The Bertz CT molecular complexity index is 1270. The van der Waals surface area contributed by atoms with Gasteiger partial charge in [0, 0.05) is 42.3 Å². The molecule has 1 aromatic carbocycles. The number of nitrogens with two attached hydrogens (primary N) is 1. The van der Waals surface area contributed by atoms with E-state index in [2.05, 4.69) is 30.2 Å². The number of nitrogens with one attached hydrogen (secondary N) is 1. The van der Waals surface area contributed by atoms with Crippen molar-refractivity contribution >= 4 is 28.4 Å². The lowest BCUT2D eigenvalue weighted by atomic mass is 10.1. The molecule has 5 rings (SSSR count). The Morgan fingerprint density at radius 2 is 1.84 bits per heavy atom. The van der Waals surface area contributed by atoms with Crippen molar-refractivity contribution in [2.75, 3.05) is 23.3 Å². The minimum absolute atomic E-state index is 0.167. The molecule has 31 heavy (non-hydrogen) atoms. The summed E-state index contributed by atoms with van der Waals surface area (Å²) in [5.74, 6) is 0.333. The Balaban J connectivity index is 1.41. The van der Waals surface area contributed by atoms with Gasteiger partial charge in [0.1, 0.15) is 23.1 Å². The van der Waals surface area contributed by atoms with Gasteiger partial charge in [-0.3, -0.25) is 9.78 Å². The number of carbonyl (C=O) groups excluding carboxylic acids is 1. The third-order valence-corrected chi connectivity index (χ3v) is 5.04. The number of benzene rings is 1. The summed E-state index contributed by atoms with van der Waals surface area (Å²) < 4.78 is 13.1. The first-order chi connectivity index (χ1) is 15.0. The molecule has 154 valence electrons. The molecular weight excluding hydrogens is 397 g/mol. The molecule has 1 fully saturated rings. The molecule has 1 aliphatic heterocycles. The van der Waals surface area contributed by atoms with Crippen molar-refractivity contribution in [1.82, 2.24) is 19.9 Å². The molecule has 0 atom stereocenters. The van der Waals surface area contributed by atoms with Crippen LogP contribution in [-0.4, -0.2) is 45.0 Å². The Labute approximate surface area is 177 Å². The number of fused-ring (bicyclic) bond motifs is 1. The number of pyridine rings is 2. The molecule has 9 heteroatoms. The van der Waals surface area contributed by atoms with Crippen molar-refractivity contribution < 1.29 is 9.18 Å². The van der Waals surface area contributed by atoms with Gasteiger partial charge in [-0.1, -0.05) is 0 Å². The minimum atomic E-state index is -0.402. The molecule has 0 radical (unpaired) electrons. The SMILES string of the molecule is NC1CN(c2cncc(-c3ccc4cnc(NC(=O)c5ccc(F)cc5)cc4n3)n2)C1. The lowest BCUT2D eigenvalue weighted by Crippen LogP contribution is -2.56. The summed E-state index contributed by atoms with van der Waals surface area (Å²) in [4.78, 5) is 32.3. The molecule has 8 nitrogen and oxygen atoms in total. The molecule has 0 aliphatic carbocycles. The van der Waals surface area contributed by atoms with Gasteiger partial charge >= 0.3 is 0 Å². The first-order valence-electron chi connectivity index (χ1n) is 9.72. The largest absolute Gasteiger partial charge is 0.352 e. The van der Waals surface area contributed by atoms with Crippen molar-refractivity contribution in [1.29, 1.82) is 0 Å². The fourth-order valence-electron chi connectivity index (χ4n) is 3.35. The lowest BCUT2D eigenvalue weighted by molar-refractivity contribution is 0.102.